The zero-order valence-electron chi connectivity index (χ0n) is 8.16. The van der Waals surface area contributed by atoms with Gasteiger partial charge < -0.3 is 15.5 Å². The highest BCUT2D eigenvalue weighted by molar-refractivity contribution is 7.10. The van der Waals surface area contributed by atoms with Crippen LogP contribution in [0.25, 0.3) is 0 Å². The molecule has 2 heterocycles. The first kappa shape index (κ1) is 10.1. The molecule has 78 valence electrons. The van der Waals surface area contributed by atoms with E-state index in [9.17, 15) is 10.2 Å². The van der Waals surface area contributed by atoms with Gasteiger partial charge >= 0.3 is 0 Å². The van der Waals surface area contributed by atoms with Crippen LogP contribution in [0.3, 0.4) is 0 Å². The number of thiophene rings is 1. The zero-order valence-corrected chi connectivity index (χ0v) is 8.97. The molecular formula is C10H15NO2S. The second-order valence-corrected chi connectivity index (χ2v) is 4.79. The highest BCUT2D eigenvalue weighted by Crippen LogP contribution is 2.34. The molecule has 0 radical (unpaired) electrons. The van der Waals surface area contributed by atoms with Crippen LogP contribution in [0, 0.1) is 6.92 Å². The molecule has 0 saturated carbocycles. The maximum atomic E-state index is 10.3. The van der Waals surface area contributed by atoms with Gasteiger partial charge in [-0.05, 0) is 36.9 Å². The quantitative estimate of drug-likeness (QED) is 0.640. The van der Waals surface area contributed by atoms with Crippen molar-refractivity contribution in [3.8, 4) is 0 Å². The Hall–Kier alpha value is -0.420. The standard InChI is InChI=1S/C10H15NO2S/c1-7-4-9(14-6-7)10(13)2-3-11-5-8(10)12/h4,6,8,11-13H,2-3,5H2,1H3/t8-,10+/m0/s1. The van der Waals surface area contributed by atoms with Crippen molar-refractivity contribution in [3.05, 3.63) is 21.9 Å². The molecular weight excluding hydrogens is 198 g/mol. The molecule has 0 amide bonds. The molecule has 0 aromatic carbocycles. The maximum Gasteiger partial charge on any atom is 0.127 e. The van der Waals surface area contributed by atoms with Crippen LogP contribution in [0.4, 0.5) is 0 Å². The summed E-state index contributed by atoms with van der Waals surface area (Å²) in [4.78, 5) is 0.879. The summed E-state index contributed by atoms with van der Waals surface area (Å²) < 4.78 is 0. The molecule has 3 N–H and O–H groups in total. The number of β-amino-alcohol motifs (C(OH)–C–C–N with tert-alkyl or cyclic N) is 1. The Morgan fingerprint density at radius 3 is 3.00 bits per heavy atom. The minimum absolute atomic E-state index is 0.466. The summed E-state index contributed by atoms with van der Waals surface area (Å²) in [5.74, 6) is 0. The average molecular weight is 213 g/mol. The van der Waals surface area contributed by atoms with E-state index in [2.05, 4.69) is 5.32 Å². The Kier molecular flexibility index (Phi) is 2.62. The maximum absolute atomic E-state index is 10.3. The second kappa shape index (κ2) is 3.62. The van der Waals surface area contributed by atoms with Crippen molar-refractivity contribution in [2.75, 3.05) is 13.1 Å². The fourth-order valence-electron chi connectivity index (χ4n) is 1.80. The molecule has 1 aromatic heterocycles. The summed E-state index contributed by atoms with van der Waals surface area (Å²) in [5.41, 5.74) is 0.105. The Morgan fingerprint density at radius 1 is 1.64 bits per heavy atom. The summed E-state index contributed by atoms with van der Waals surface area (Å²) in [7, 11) is 0. The van der Waals surface area contributed by atoms with Crippen LogP contribution in [0.5, 0.6) is 0 Å². The number of aliphatic hydroxyl groups excluding tert-OH is 1. The fraction of sp³-hybridized carbons (Fsp3) is 0.600. The van der Waals surface area contributed by atoms with E-state index < -0.39 is 11.7 Å². The Morgan fingerprint density at radius 2 is 2.43 bits per heavy atom. The molecule has 14 heavy (non-hydrogen) atoms. The van der Waals surface area contributed by atoms with E-state index in [1.54, 1.807) is 0 Å². The van der Waals surface area contributed by atoms with E-state index in [1.165, 1.54) is 11.3 Å². The molecule has 2 atom stereocenters. The van der Waals surface area contributed by atoms with E-state index in [0.29, 0.717) is 13.0 Å². The molecule has 0 aliphatic carbocycles. The van der Waals surface area contributed by atoms with Gasteiger partial charge in [0.15, 0.2) is 0 Å². The molecule has 0 bridgehead atoms. The van der Waals surface area contributed by atoms with E-state index >= 15 is 0 Å². The third-order valence-electron chi connectivity index (χ3n) is 2.73. The SMILES string of the molecule is Cc1csc([C@@]2(O)CCNC[C@@H]2O)c1. The molecule has 1 saturated heterocycles. The van der Waals surface area contributed by atoms with Gasteiger partial charge in [-0.3, -0.25) is 0 Å². The number of aliphatic hydroxyl groups is 2. The number of hydrogen-bond donors (Lipinski definition) is 3. The smallest absolute Gasteiger partial charge is 0.127 e. The van der Waals surface area contributed by atoms with Gasteiger partial charge in [0.05, 0.1) is 0 Å². The lowest BCUT2D eigenvalue weighted by Gasteiger charge is -2.36. The number of piperidine rings is 1. The average Bonchev–Trinajstić information content (AvgIpc) is 2.58. The van der Waals surface area contributed by atoms with Crippen molar-refractivity contribution in [1.82, 2.24) is 5.32 Å². The van der Waals surface area contributed by atoms with Gasteiger partial charge in [0.2, 0.25) is 0 Å². The largest absolute Gasteiger partial charge is 0.388 e. The number of aryl methyl sites for hydroxylation is 1. The van der Waals surface area contributed by atoms with Gasteiger partial charge in [0.25, 0.3) is 0 Å². The van der Waals surface area contributed by atoms with Crippen LogP contribution in [0.2, 0.25) is 0 Å². The minimum Gasteiger partial charge on any atom is -0.388 e. The van der Waals surface area contributed by atoms with Gasteiger partial charge in [-0.2, -0.15) is 0 Å². The Labute approximate surface area is 87.4 Å². The van der Waals surface area contributed by atoms with Crippen molar-refractivity contribution in [2.45, 2.75) is 25.0 Å². The van der Waals surface area contributed by atoms with E-state index in [0.717, 1.165) is 17.0 Å². The number of rotatable bonds is 1. The topological polar surface area (TPSA) is 52.5 Å². The van der Waals surface area contributed by atoms with Crippen molar-refractivity contribution in [1.29, 1.82) is 0 Å². The van der Waals surface area contributed by atoms with E-state index in [1.807, 2.05) is 18.4 Å². The van der Waals surface area contributed by atoms with Gasteiger partial charge in [-0.1, -0.05) is 0 Å². The van der Waals surface area contributed by atoms with Crippen LogP contribution in [0.15, 0.2) is 11.4 Å². The lowest BCUT2D eigenvalue weighted by Crippen LogP contribution is -2.51. The Bertz CT molecular complexity index is 326. The summed E-state index contributed by atoms with van der Waals surface area (Å²) in [6.45, 7) is 3.22. The zero-order chi connectivity index (χ0) is 10.2. The molecule has 1 aliphatic rings. The predicted octanol–water partition coefficient (Wildman–Crippen LogP) is 0.598. The molecule has 1 aliphatic heterocycles. The first-order chi connectivity index (χ1) is 6.63. The molecule has 2 rings (SSSR count). The van der Waals surface area contributed by atoms with Gasteiger partial charge in [0.1, 0.15) is 11.7 Å². The predicted molar refractivity (Wildman–Crippen MR) is 56.4 cm³/mol. The first-order valence-electron chi connectivity index (χ1n) is 4.80. The van der Waals surface area contributed by atoms with Crippen LogP contribution in [0.1, 0.15) is 16.9 Å². The van der Waals surface area contributed by atoms with Gasteiger partial charge in [-0.15, -0.1) is 11.3 Å². The third-order valence-corrected chi connectivity index (χ3v) is 3.94. The Balaban J connectivity index is 2.29. The van der Waals surface area contributed by atoms with E-state index in [-0.39, 0.29) is 0 Å². The highest BCUT2D eigenvalue weighted by atomic mass is 32.1. The van der Waals surface area contributed by atoms with Gasteiger partial charge in [0, 0.05) is 11.4 Å². The van der Waals surface area contributed by atoms with Crippen LogP contribution < -0.4 is 5.32 Å². The molecule has 1 fully saturated rings. The summed E-state index contributed by atoms with van der Waals surface area (Å²) in [5, 5.41) is 25.2. The second-order valence-electron chi connectivity index (χ2n) is 3.88. The lowest BCUT2D eigenvalue weighted by atomic mass is 9.88. The monoisotopic (exact) mass is 213 g/mol. The third kappa shape index (κ3) is 1.59. The molecule has 0 spiro atoms. The number of hydrogen-bond acceptors (Lipinski definition) is 4. The van der Waals surface area contributed by atoms with Crippen LogP contribution in [-0.4, -0.2) is 29.4 Å². The van der Waals surface area contributed by atoms with Crippen molar-refractivity contribution < 1.29 is 10.2 Å². The first-order valence-corrected chi connectivity index (χ1v) is 5.67. The number of nitrogens with one attached hydrogen (secondary N) is 1. The van der Waals surface area contributed by atoms with E-state index in [4.69, 9.17) is 0 Å². The molecule has 4 heteroatoms. The van der Waals surface area contributed by atoms with Crippen LogP contribution in [-0.2, 0) is 5.60 Å². The molecule has 1 aromatic rings. The van der Waals surface area contributed by atoms with Crippen molar-refractivity contribution in [3.63, 3.8) is 0 Å². The lowest BCUT2D eigenvalue weighted by molar-refractivity contribution is -0.0952. The summed E-state index contributed by atoms with van der Waals surface area (Å²) in [6.07, 6.45) is -0.122. The normalized spacial score (nSPS) is 33.2. The summed E-state index contributed by atoms with van der Waals surface area (Å²) in [6, 6.07) is 1.96. The van der Waals surface area contributed by atoms with Crippen molar-refractivity contribution in [2.24, 2.45) is 0 Å². The minimum atomic E-state index is -1.04. The van der Waals surface area contributed by atoms with Crippen molar-refractivity contribution >= 4 is 11.3 Å². The van der Waals surface area contributed by atoms with Crippen LogP contribution >= 0.6 is 11.3 Å². The fourth-order valence-corrected chi connectivity index (χ4v) is 2.88. The highest BCUT2D eigenvalue weighted by Gasteiger charge is 2.40. The summed E-state index contributed by atoms with van der Waals surface area (Å²) >= 11 is 1.52. The molecule has 0 unspecified atom stereocenters. The van der Waals surface area contributed by atoms with Gasteiger partial charge in [-0.25, -0.2) is 0 Å². The molecule has 3 nitrogen and oxygen atoms in total.